The van der Waals surface area contributed by atoms with Crippen molar-refractivity contribution >= 4 is 17.5 Å². The average Bonchev–Trinajstić information content (AvgIpc) is 3.29. The molecule has 1 fully saturated rings. The van der Waals surface area contributed by atoms with Crippen molar-refractivity contribution in [2.45, 2.75) is 32.4 Å². The first-order valence-electron chi connectivity index (χ1n) is 7.84. The van der Waals surface area contributed by atoms with Crippen LogP contribution in [0.15, 0.2) is 42.7 Å². The molecule has 0 saturated heterocycles. The van der Waals surface area contributed by atoms with Crippen molar-refractivity contribution in [3.05, 3.63) is 48.3 Å². The van der Waals surface area contributed by atoms with Crippen molar-refractivity contribution in [1.82, 2.24) is 15.1 Å². The van der Waals surface area contributed by atoms with Gasteiger partial charge < -0.3 is 10.6 Å². The van der Waals surface area contributed by atoms with Gasteiger partial charge in [-0.1, -0.05) is 12.1 Å². The second-order valence-electron chi connectivity index (χ2n) is 5.76. The zero-order valence-electron chi connectivity index (χ0n) is 12.9. The number of nitrogens with zero attached hydrogens (tertiary/aromatic N) is 2. The van der Waals surface area contributed by atoms with Crippen LogP contribution >= 0.6 is 0 Å². The van der Waals surface area contributed by atoms with E-state index in [4.69, 9.17) is 0 Å². The third-order valence-electron chi connectivity index (χ3n) is 3.79. The van der Waals surface area contributed by atoms with E-state index in [1.165, 1.54) is 0 Å². The van der Waals surface area contributed by atoms with E-state index in [-0.39, 0.29) is 17.7 Å². The summed E-state index contributed by atoms with van der Waals surface area (Å²) in [5.41, 5.74) is 1.80. The number of anilines is 1. The Labute approximate surface area is 134 Å². The molecule has 3 rings (SSSR count). The van der Waals surface area contributed by atoms with E-state index in [9.17, 15) is 9.59 Å². The molecule has 6 heteroatoms. The molecule has 1 aliphatic carbocycles. The van der Waals surface area contributed by atoms with E-state index in [0.717, 1.165) is 24.1 Å². The number of carbonyl (C=O) groups excluding carboxylic acids is 2. The minimum absolute atomic E-state index is 0.00777. The van der Waals surface area contributed by atoms with Crippen molar-refractivity contribution < 1.29 is 9.59 Å². The highest BCUT2D eigenvalue weighted by atomic mass is 16.2. The lowest BCUT2D eigenvalue weighted by atomic mass is 10.2. The third-order valence-corrected chi connectivity index (χ3v) is 3.79. The number of rotatable bonds is 7. The van der Waals surface area contributed by atoms with Crippen molar-refractivity contribution in [2.75, 3.05) is 5.32 Å². The van der Waals surface area contributed by atoms with Gasteiger partial charge in [-0.25, -0.2) is 0 Å². The molecule has 1 saturated carbocycles. The van der Waals surface area contributed by atoms with Crippen LogP contribution in [0.1, 0.15) is 24.8 Å². The molecule has 0 aliphatic heterocycles. The molecule has 0 radical (unpaired) electrons. The summed E-state index contributed by atoms with van der Waals surface area (Å²) in [5, 5.41) is 9.84. The van der Waals surface area contributed by atoms with Crippen LogP contribution in [0.5, 0.6) is 0 Å². The van der Waals surface area contributed by atoms with E-state index in [1.807, 2.05) is 36.5 Å². The van der Waals surface area contributed by atoms with Gasteiger partial charge in [0.25, 0.3) is 0 Å². The van der Waals surface area contributed by atoms with Crippen LogP contribution in [0.4, 0.5) is 5.69 Å². The molecule has 2 N–H and O–H groups in total. The number of nitrogens with one attached hydrogen (secondary N) is 2. The van der Waals surface area contributed by atoms with E-state index in [1.54, 1.807) is 10.9 Å². The molecule has 0 bridgehead atoms. The minimum Gasteiger partial charge on any atom is -0.352 e. The summed E-state index contributed by atoms with van der Waals surface area (Å²) in [7, 11) is 0. The predicted molar refractivity (Wildman–Crippen MR) is 86.5 cm³/mol. The normalized spacial score (nSPS) is 13.6. The molecule has 1 aliphatic rings. The second kappa shape index (κ2) is 7.09. The first-order chi connectivity index (χ1) is 11.2. The monoisotopic (exact) mass is 312 g/mol. The molecule has 120 valence electrons. The molecule has 6 nitrogen and oxygen atoms in total. The standard InChI is InChI=1S/C17H20N4O2/c22-16(8-11-21-10-1-9-19-21)18-12-13-2-6-15(7-3-13)20-17(23)14-4-5-14/h1-3,6-7,9-10,14H,4-5,8,11-12H2,(H,18,22)(H,20,23). The molecule has 0 atom stereocenters. The fourth-order valence-electron chi connectivity index (χ4n) is 2.23. The van der Waals surface area contributed by atoms with Gasteiger partial charge in [0.2, 0.25) is 11.8 Å². The van der Waals surface area contributed by atoms with Crippen LogP contribution < -0.4 is 10.6 Å². The highest BCUT2D eigenvalue weighted by molar-refractivity contribution is 5.94. The Morgan fingerprint density at radius 2 is 2.00 bits per heavy atom. The number of hydrogen-bond donors (Lipinski definition) is 2. The molecule has 2 aromatic rings. The highest BCUT2D eigenvalue weighted by Gasteiger charge is 2.29. The Bertz CT molecular complexity index is 660. The van der Waals surface area contributed by atoms with Gasteiger partial charge in [-0.2, -0.15) is 5.10 Å². The van der Waals surface area contributed by atoms with Crippen LogP contribution in [0.2, 0.25) is 0 Å². The first kappa shape index (κ1) is 15.3. The average molecular weight is 312 g/mol. The Kier molecular flexibility index (Phi) is 4.71. The molecule has 23 heavy (non-hydrogen) atoms. The van der Waals surface area contributed by atoms with Gasteiger partial charge in [0.05, 0.1) is 0 Å². The van der Waals surface area contributed by atoms with E-state index < -0.39 is 0 Å². The number of hydrogen-bond acceptors (Lipinski definition) is 3. The van der Waals surface area contributed by atoms with Crippen LogP contribution in [-0.2, 0) is 22.7 Å². The third kappa shape index (κ3) is 4.67. The Hall–Kier alpha value is -2.63. The zero-order valence-corrected chi connectivity index (χ0v) is 12.9. The molecule has 0 spiro atoms. The molecule has 0 unspecified atom stereocenters. The lowest BCUT2D eigenvalue weighted by molar-refractivity contribution is -0.121. The smallest absolute Gasteiger partial charge is 0.227 e. The van der Waals surface area contributed by atoms with Crippen LogP contribution in [0.3, 0.4) is 0 Å². The quantitative estimate of drug-likeness (QED) is 0.820. The van der Waals surface area contributed by atoms with Crippen LogP contribution in [-0.4, -0.2) is 21.6 Å². The predicted octanol–water partition coefficient (Wildman–Crippen LogP) is 1.94. The van der Waals surface area contributed by atoms with Gasteiger partial charge in [0, 0.05) is 43.5 Å². The number of benzene rings is 1. The topological polar surface area (TPSA) is 76.0 Å². The molecular weight excluding hydrogens is 292 g/mol. The van der Waals surface area contributed by atoms with Gasteiger partial charge in [-0.05, 0) is 36.6 Å². The number of aryl methyl sites for hydroxylation is 1. The van der Waals surface area contributed by atoms with Crippen molar-refractivity contribution in [1.29, 1.82) is 0 Å². The number of amides is 2. The summed E-state index contributed by atoms with van der Waals surface area (Å²) >= 11 is 0. The van der Waals surface area contributed by atoms with Gasteiger partial charge in [0.15, 0.2) is 0 Å². The maximum Gasteiger partial charge on any atom is 0.227 e. The molecule has 2 amide bonds. The van der Waals surface area contributed by atoms with Gasteiger partial charge in [-0.3, -0.25) is 14.3 Å². The second-order valence-corrected chi connectivity index (χ2v) is 5.76. The maximum atomic E-state index is 11.8. The van der Waals surface area contributed by atoms with Crippen LogP contribution in [0, 0.1) is 5.92 Å². The Morgan fingerprint density at radius 1 is 1.22 bits per heavy atom. The summed E-state index contributed by atoms with van der Waals surface area (Å²) in [6, 6.07) is 9.39. The van der Waals surface area contributed by atoms with Crippen LogP contribution in [0.25, 0.3) is 0 Å². The summed E-state index contributed by atoms with van der Waals surface area (Å²) < 4.78 is 1.73. The number of aromatic nitrogens is 2. The summed E-state index contributed by atoms with van der Waals surface area (Å²) in [5.74, 6) is 0.292. The Balaban J connectivity index is 1.40. The highest BCUT2D eigenvalue weighted by Crippen LogP contribution is 2.30. The maximum absolute atomic E-state index is 11.8. The molecule has 1 heterocycles. The zero-order chi connectivity index (χ0) is 16.1. The van der Waals surface area contributed by atoms with Gasteiger partial charge in [0.1, 0.15) is 0 Å². The van der Waals surface area contributed by atoms with E-state index >= 15 is 0 Å². The number of carbonyl (C=O) groups is 2. The molecule has 1 aromatic heterocycles. The fraction of sp³-hybridized carbons (Fsp3) is 0.353. The van der Waals surface area contributed by atoms with Crippen molar-refractivity contribution in [3.63, 3.8) is 0 Å². The van der Waals surface area contributed by atoms with Gasteiger partial charge >= 0.3 is 0 Å². The van der Waals surface area contributed by atoms with Gasteiger partial charge in [-0.15, -0.1) is 0 Å². The summed E-state index contributed by atoms with van der Waals surface area (Å²) in [4.78, 5) is 23.5. The molecule has 1 aromatic carbocycles. The van der Waals surface area contributed by atoms with E-state index in [2.05, 4.69) is 15.7 Å². The summed E-state index contributed by atoms with van der Waals surface area (Å²) in [6.45, 7) is 1.06. The Morgan fingerprint density at radius 3 is 2.65 bits per heavy atom. The summed E-state index contributed by atoms with van der Waals surface area (Å²) in [6.07, 6.45) is 5.92. The largest absolute Gasteiger partial charge is 0.352 e. The van der Waals surface area contributed by atoms with Crippen molar-refractivity contribution in [3.8, 4) is 0 Å². The first-order valence-corrected chi connectivity index (χ1v) is 7.84. The SMILES string of the molecule is O=C(CCn1cccn1)NCc1ccc(NC(=O)C2CC2)cc1. The fourth-order valence-corrected chi connectivity index (χ4v) is 2.23. The lowest BCUT2D eigenvalue weighted by Crippen LogP contribution is -2.24. The van der Waals surface area contributed by atoms with Crippen molar-refractivity contribution in [2.24, 2.45) is 5.92 Å². The molecular formula is C17H20N4O2. The lowest BCUT2D eigenvalue weighted by Gasteiger charge is -2.08. The van der Waals surface area contributed by atoms with E-state index in [0.29, 0.717) is 19.5 Å². The minimum atomic E-state index is -0.00777.